The van der Waals surface area contributed by atoms with Gasteiger partial charge in [-0.1, -0.05) is 0 Å². The predicted octanol–water partition coefficient (Wildman–Crippen LogP) is 0.727. The lowest BCUT2D eigenvalue weighted by atomic mass is 10.1. The van der Waals surface area contributed by atoms with Crippen molar-refractivity contribution in [1.29, 1.82) is 0 Å². The number of rotatable bonds is 2. The van der Waals surface area contributed by atoms with Crippen molar-refractivity contribution < 1.29 is 9.47 Å². The first-order valence-electron chi connectivity index (χ1n) is 8.94. The second-order valence-corrected chi connectivity index (χ2v) is 6.27. The van der Waals surface area contributed by atoms with Crippen molar-refractivity contribution in [2.24, 2.45) is 0 Å². The zero-order chi connectivity index (χ0) is 17.8. The first-order valence-corrected chi connectivity index (χ1v) is 8.94. The molecule has 2 aliphatic rings. The highest BCUT2D eigenvalue weighted by atomic mass is 16.5. The number of nitrogen functional groups attached to an aromatic ring is 1. The summed E-state index contributed by atoms with van der Waals surface area (Å²) in [5.41, 5.74) is 7.49. The third-order valence-corrected chi connectivity index (χ3v) is 4.48. The summed E-state index contributed by atoms with van der Waals surface area (Å²) < 4.78 is 11.1. The molecule has 0 radical (unpaired) electrons. The van der Waals surface area contributed by atoms with E-state index in [1.54, 1.807) is 12.4 Å². The van der Waals surface area contributed by atoms with Crippen LogP contribution in [0.5, 0.6) is 0 Å². The average Bonchev–Trinajstić information content (AvgIpc) is 2.80. The molecular formula is C17H23N7O2. The van der Waals surface area contributed by atoms with Crippen molar-refractivity contribution >= 4 is 17.6 Å². The largest absolute Gasteiger partial charge is 0.380 e. The van der Waals surface area contributed by atoms with E-state index in [0.717, 1.165) is 55.3 Å². The second kappa shape index (κ2) is 7.79. The third-order valence-electron chi connectivity index (χ3n) is 4.48. The lowest BCUT2D eigenvalue weighted by Gasteiger charge is -2.30. The first kappa shape index (κ1) is 16.9. The number of aromatic nitrogens is 4. The molecule has 2 aromatic heterocycles. The SMILES string of the molecule is Nc1ncc(-c2nc3c(c(N4CCOCC4)n2)CCCOCCN3)cn1. The fraction of sp³-hybridized carbons (Fsp3) is 0.529. The molecule has 2 aliphatic heterocycles. The van der Waals surface area contributed by atoms with Crippen molar-refractivity contribution in [1.82, 2.24) is 19.9 Å². The summed E-state index contributed by atoms with van der Waals surface area (Å²) in [7, 11) is 0. The first-order chi connectivity index (χ1) is 12.8. The van der Waals surface area contributed by atoms with Gasteiger partial charge in [0.2, 0.25) is 5.95 Å². The molecule has 3 N–H and O–H groups in total. The number of fused-ring (bicyclic) bond motifs is 1. The van der Waals surface area contributed by atoms with Crippen LogP contribution in [-0.2, 0) is 15.9 Å². The number of morpholine rings is 1. The Bertz CT molecular complexity index is 748. The third kappa shape index (κ3) is 3.68. The fourth-order valence-electron chi connectivity index (χ4n) is 3.16. The zero-order valence-corrected chi connectivity index (χ0v) is 14.6. The van der Waals surface area contributed by atoms with Gasteiger partial charge >= 0.3 is 0 Å². The van der Waals surface area contributed by atoms with E-state index >= 15 is 0 Å². The molecule has 0 bridgehead atoms. The normalized spacial score (nSPS) is 18.2. The van der Waals surface area contributed by atoms with Crippen LogP contribution in [0.15, 0.2) is 12.4 Å². The maximum absolute atomic E-state index is 5.62. The Hall–Kier alpha value is -2.52. The summed E-state index contributed by atoms with van der Waals surface area (Å²) in [5, 5.41) is 3.41. The minimum Gasteiger partial charge on any atom is -0.380 e. The Morgan fingerprint density at radius 2 is 1.77 bits per heavy atom. The fourth-order valence-corrected chi connectivity index (χ4v) is 3.16. The lowest BCUT2D eigenvalue weighted by molar-refractivity contribution is 0.122. The molecule has 0 unspecified atom stereocenters. The quantitative estimate of drug-likeness (QED) is 0.803. The van der Waals surface area contributed by atoms with Gasteiger partial charge in [-0.15, -0.1) is 0 Å². The van der Waals surface area contributed by atoms with E-state index in [4.69, 9.17) is 25.2 Å². The Labute approximate surface area is 152 Å². The number of hydrogen-bond donors (Lipinski definition) is 2. The van der Waals surface area contributed by atoms with Crippen LogP contribution in [0.1, 0.15) is 12.0 Å². The molecule has 9 heteroatoms. The maximum Gasteiger partial charge on any atom is 0.219 e. The van der Waals surface area contributed by atoms with E-state index in [0.29, 0.717) is 32.2 Å². The number of anilines is 3. The van der Waals surface area contributed by atoms with E-state index in [2.05, 4.69) is 20.2 Å². The molecule has 1 fully saturated rings. The molecule has 0 amide bonds. The Balaban J connectivity index is 1.78. The summed E-state index contributed by atoms with van der Waals surface area (Å²) in [6.45, 7) is 5.17. The van der Waals surface area contributed by atoms with E-state index in [1.165, 1.54) is 0 Å². The van der Waals surface area contributed by atoms with Crippen LogP contribution in [-0.4, -0.2) is 66.0 Å². The van der Waals surface area contributed by atoms with Crippen LogP contribution in [0.2, 0.25) is 0 Å². The Kier molecular flexibility index (Phi) is 5.07. The van der Waals surface area contributed by atoms with Gasteiger partial charge in [0.25, 0.3) is 0 Å². The molecule has 1 saturated heterocycles. The molecule has 4 heterocycles. The lowest BCUT2D eigenvalue weighted by Crippen LogP contribution is -2.37. The van der Waals surface area contributed by atoms with Crippen LogP contribution < -0.4 is 16.0 Å². The highest BCUT2D eigenvalue weighted by Gasteiger charge is 2.22. The van der Waals surface area contributed by atoms with Crippen LogP contribution in [0.4, 0.5) is 17.6 Å². The molecule has 2 aromatic rings. The van der Waals surface area contributed by atoms with E-state index in [-0.39, 0.29) is 5.95 Å². The van der Waals surface area contributed by atoms with E-state index in [9.17, 15) is 0 Å². The van der Waals surface area contributed by atoms with Crippen molar-refractivity contribution in [3.8, 4) is 11.4 Å². The van der Waals surface area contributed by atoms with Gasteiger partial charge < -0.3 is 25.4 Å². The minimum atomic E-state index is 0.236. The molecule has 0 spiro atoms. The van der Waals surface area contributed by atoms with Crippen molar-refractivity contribution in [2.75, 3.05) is 62.0 Å². The standard InChI is InChI=1S/C17H23N7O2/c18-17-20-10-12(11-21-17)14-22-15-13(2-1-6-25-7-3-19-15)16(23-14)24-4-8-26-9-5-24/h10-11H,1-9H2,(H2,18,20,21)(H,19,22,23). The molecule has 0 aliphatic carbocycles. The smallest absolute Gasteiger partial charge is 0.219 e. The molecular weight excluding hydrogens is 334 g/mol. The maximum atomic E-state index is 5.62. The molecule has 26 heavy (non-hydrogen) atoms. The van der Waals surface area contributed by atoms with Crippen molar-refractivity contribution in [2.45, 2.75) is 12.8 Å². The van der Waals surface area contributed by atoms with Gasteiger partial charge in [-0.25, -0.2) is 19.9 Å². The number of nitrogens with two attached hydrogens (primary N) is 1. The molecule has 138 valence electrons. The van der Waals surface area contributed by atoms with Crippen LogP contribution in [0.3, 0.4) is 0 Å². The number of nitrogens with zero attached hydrogens (tertiary/aromatic N) is 5. The summed E-state index contributed by atoms with van der Waals surface area (Å²) in [4.78, 5) is 20.0. The highest BCUT2D eigenvalue weighted by Crippen LogP contribution is 2.30. The summed E-state index contributed by atoms with van der Waals surface area (Å²) in [5.74, 6) is 2.65. The number of hydrogen-bond acceptors (Lipinski definition) is 9. The zero-order valence-electron chi connectivity index (χ0n) is 14.6. The Morgan fingerprint density at radius 1 is 1.00 bits per heavy atom. The summed E-state index contributed by atoms with van der Waals surface area (Å²) in [6, 6.07) is 0. The highest BCUT2D eigenvalue weighted by molar-refractivity contribution is 5.66. The number of nitrogens with one attached hydrogen (secondary N) is 1. The van der Waals surface area contributed by atoms with E-state index in [1.807, 2.05) is 0 Å². The second-order valence-electron chi connectivity index (χ2n) is 6.27. The van der Waals surface area contributed by atoms with Crippen LogP contribution in [0, 0.1) is 0 Å². The van der Waals surface area contributed by atoms with Crippen molar-refractivity contribution in [3.63, 3.8) is 0 Å². The monoisotopic (exact) mass is 357 g/mol. The number of ether oxygens (including phenoxy) is 2. The summed E-state index contributed by atoms with van der Waals surface area (Å²) in [6.07, 6.45) is 5.13. The van der Waals surface area contributed by atoms with Gasteiger partial charge in [0, 0.05) is 44.2 Å². The Morgan fingerprint density at radius 3 is 2.58 bits per heavy atom. The van der Waals surface area contributed by atoms with Gasteiger partial charge in [-0.2, -0.15) is 0 Å². The minimum absolute atomic E-state index is 0.236. The van der Waals surface area contributed by atoms with Gasteiger partial charge in [0.15, 0.2) is 5.82 Å². The molecule has 9 nitrogen and oxygen atoms in total. The predicted molar refractivity (Wildman–Crippen MR) is 98.1 cm³/mol. The van der Waals surface area contributed by atoms with Gasteiger partial charge in [-0.3, -0.25) is 0 Å². The molecule has 0 aromatic carbocycles. The van der Waals surface area contributed by atoms with E-state index < -0.39 is 0 Å². The van der Waals surface area contributed by atoms with Gasteiger partial charge in [0.1, 0.15) is 11.6 Å². The molecule has 0 saturated carbocycles. The topological polar surface area (TPSA) is 111 Å². The van der Waals surface area contributed by atoms with Gasteiger partial charge in [0.05, 0.1) is 25.4 Å². The van der Waals surface area contributed by atoms with Crippen LogP contribution >= 0.6 is 0 Å². The molecule has 4 rings (SSSR count). The van der Waals surface area contributed by atoms with Crippen LogP contribution in [0.25, 0.3) is 11.4 Å². The van der Waals surface area contributed by atoms with Crippen molar-refractivity contribution in [3.05, 3.63) is 18.0 Å². The summed E-state index contributed by atoms with van der Waals surface area (Å²) >= 11 is 0. The van der Waals surface area contributed by atoms with Gasteiger partial charge in [-0.05, 0) is 12.8 Å². The molecule has 0 atom stereocenters. The average molecular weight is 357 g/mol.